The summed E-state index contributed by atoms with van der Waals surface area (Å²) in [5.74, 6) is 0.255. The lowest BCUT2D eigenvalue weighted by Gasteiger charge is -2.34. The maximum Gasteiger partial charge on any atom is 0.223 e. The number of anilines is 1. The van der Waals surface area contributed by atoms with E-state index in [1.165, 1.54) is 16.5 Å². The summed E-state index contributed by atoms with van der Waals surface area (Å²) < 4.78 is 2.12. The van der Waals surface area contributed by atoms with Gasteiger partial charge in [-0.15, -0.1) is 11.3 Å². The molecule has 0 N–H and O–H groups in total. The molecule has 3 aromatic rings. The van der Waals surface area contributed by atoms with Gasteiger partial charge in [-0.1, -0.05) is 12.1 Å². The zero-order valence-corrected chi connectivity index (χ0v) is 15.2. The quantitative estimate of drug-likeness (QED) is 0.723. The van der Waals surface area contributed by atoms with E-state index in [2.05, 4.69) is 52.0 Å². The van der Waals surface area contributed by atoms with Crippen LogP contribution < -0.4 is 4.90 Å². The first-order valence-corrected chi connectivity index (χ1v) is 9.55. The van der Waals surface area contributed by atoms with Gasteiger partial charge in [-0.3, -0.25) is 4.79 Å². The zero-order valence-electron chi connectivity index (χ0n) is 14.4. The highest BCUT2D eigenvalue weighted by molar-refractivity contribution is 7.13. The van der Waals surface area contributed by atoms with Crippen molar-refractivity contribution < 1.29 is 4.79 Å². The average Bonchev–Trinajstić information content (AvgIpc) is 3.30. The summed E-state index contributed by atoms with van der Waals surface area (Å²) in [6.45, 7) is 3.31. The fraction of sp³-hybridized carbons (Fsp3) is 0.368. The molecule has 5 nitrogen and oxygen atoms in total. The van der Waals surface area contributed by atoms with E-state index in [9.17, 15) is 4.79 Å². The SMILES string of the molecule is Cn1ccc2ccc(CCC(=O)N3CCN(c4nccs4)CC3)cc21. The maximum absolute atomic E-state index is 12.5. The van der Waals surface area contributed by atoms with Crippen LogP contribution in [-0.4, -0.2) is 46.5 Å². The molecule has 1 amide bonds. The molecule has 1 aromatic carbocycles. The van der Waals surface area contributed by atoms with Crippen molar-refractivity contribution in [3.05, 3.63) is 47.6 Å². The van der Waals surface area contributed by atoms with E-state index >= 15 is 0 Å². The summed E-state index contributed by atoms with van der Waals surface area (Å²) >= 11 is 1.66. The number of aromatic nitrogens is 2. The van der Waals surface area contributed by atoms with E-state index in [1.54, 1.807) is 11.3 Å². The average molecular weight is 354 g/mol. The first-order valence-electron chi connectivity index (χ1n) is 8.67. The van der Waals surface area contributed by atoms with Crippen LogP contribution in [0.25, 0.3) is 10.9 Å². The molecule has 1 aliphatic heterocycles. The molecule has 3 heterocycles. The molecule has 0 bridgehead atoms. The number of piperazine rings is 1. The van der Waals surface area contributed by atoms with Crippen LogP contribution in [0.3, 0.4) is 0 Å². The van der Waals surface area contributed by atoms with Gasteiger partial charge in [0, 0.05) is 62.9 Å². The molecule has 0 atom stereocenters. The van der Waals surface area contributed by atoms with Gasteiger partial charge in [0.1, 0.15) is 0 Å². The van der Waals surface area contributed by atoms with Gasteiger partial charge in [-0.05, 0) is 29.5 Å². The Hall–Kier alpha value is -2.34. The van der Waals surface area contributed by atoms with Crippen molar-refractivity contribution in [3.8, 4) is 0 Å². The van der Waals surface area contributed by atoms with Crippen LogP contribution in [0.15, 0.2) is 42.0 Å². The number of fused-ring (bicyclic) bond motifs is 1. The molecular formula is C19H22N4OS. The monoisotopic (exact) mass is 354 g/mol. The van der Waals surface area contributed by atoms with Crippen LogP contribution in [0.1, 0.15) is 12.0 Å². The lowest BCUT2D eigenvalue weighted by molar-refractivity contribution is -0.131. The Morgan fingerprint density at radius 2 is 2.04 bits per heavy atom. The van der Waals surface area contributed by atoms with Crippen molar-refractivity contribution in [1.29, 1.82) is 0 Å². The molecule has 0 saturated carbocycles. The Kier molecular flexibility index (Phi) is 4.44. The minimum absolute atomic E-state index is 0.255. The van der Waals surface area contributed by atoms with Crippen molar-refractivity contribution in [1.82, 2.24) is 14.5 Å². The number of hydrogen-bond donors (Lipinski definition) is 0. The predicted octanol–water partition coefficient (Wildman–Crippen LogP) is 2.92. The van der Waals surface area contributed by atoms with Crippen LogP contribution in [0.2, 0.25) is 0 Å². The standard InChI is InChI=1S/C19H22N4OS/c1-21-8-6-16-4-2-15(14-17(16)21)3-5-18(24)22-9-11-23(12-10-22)19-20-7-13-25-19/h2,4,6-8,13-14H,3,5,9-12H2,1H3. The molecule has 1 fully saturated rings. The third-order valence-electron chi connectivity index (χ3n) is 4.90. The maximum atomic E-state index is 12.5. The molecule has 0 radical (unpaired) electrons. The number of amides is 1. The van der Waals surface area contributed by atoms with Crippen molar-refractivity contribution >= 4 is 33.3 Å². The Balaban J connectivity index is 1.32. The summed E-state index contributed by atoms with van der Waals surface area (Å²) in [5, 5.41) is 4.30. The number of hydrogen-bond acceptors (Lipinski definition) is 4. The van der Waals surface area contributed by atoms with Crippen LogP contribution in [0.4, 0.5) is 5.13 Å². The minimum atomic E-state index is 0.255. The van der Waals surface area contributed by atoms with E-state index < -0.39 is 0 Å². The van der Waals surface area contributed by atoms with Crippen molar-refractivity contribution in [2.75, 3.05) is 31.1 Å². The topological polar surface area (TPSA) is 41.4 Å². The fourth-order valence-electron chi connectivity index (χ4n) is 3.39. The second-order valence-electron chi connectivity index (χ2n) is 6.50. The highest BCUT2D eigenvalue weighted by Crippen LogP contribution is 2.20. The summed E-state index contributed by atoms with van der Waals surface area (Å²) in [7, 11) is 2.05. The number of nitrogens with zero attached hydrogens (tertiary/aromatic N) is 4. The van der Waals surface area contributed by atoms with Crippen molar-refractivity contribution in [2.24, 2.45) is 7.05 Å². The molecule has 0 unspecified atom stereocenters. The molecule has 0 aliphatic carbocycles. The first-order chi connectivity index (χ1) is 12.2. The predicted molar refractivity (Wildman–Crippen MR) is 102 cm³/mol. The Morgan fingerprint density at radius 1 is 1.20 bits per heavy atom. The molecule has 4 rings (SSSR count). The number of rotatable bonds is 4. The van der Waals surface area contributed by atoms with Gasteiger partial charge >= 0.3 is 0 Å². The van der Waals surface area contributed by atoms with Crippen LogP contribution >= 0.6 is 11.3 Å². The van der Waals surface area contributed by atoms with Crippen molar-refractivity contribution in [2.45, 2.75) is 12.8 Å². The second kappa shape index (κ2) is 6.88. The smallest absolute Gasteiger partial charge is 0.223 e. The summed E-state index contributed by atoms with van der Waals surface area (Å²) in [4.78, 5) is 21.1. The van der Waals surface area contributed by atoms with Crippen LogP contribution in [0, 0.1) is 0 Å². The van der Waals surface area contributed by atoms with Gasteiger partial charge in [0.15, 0.2) is 5.13 Å². The van der Waals surface area contributed by atoms with E-state index in [1.807, 2.05) is 16.5 Å². The highest BCUT2D eigenvalue weighted by atomic mass is 32.1. The van der Waals surface area contributed by atoms with Gasteiger partial charge in [0.05, 0.1) is 0 Å². The fourth-order valence-corrected chi connectivity index (χ4v) is 4.09. The second-order valence-corrected chi connectivity index (χ2v) is 7.38. The summed E-state index contributed by atoms with van der Waals surface area (Å²) in [5.41, 5.74) is 2.45. The largest absolute Gasteiger partial charge is 0.351 e. The van der Waals surface area contributed by atoms with Crippen molar-refractivity contribution in [3.63, 3.8) is 0 Å². The van der Waals surface area contributed by atoms with Gasteiger partial charge in [0.2, 0.25) is 5.91 Å². The number of carbonyl (C=O) groups excluding carboxylic acids is 1. The van der Waals surface area contributed by atoms with Gasteiger partial charge in [-0.25, -0.2) is 4.98 Å². The molecule has 1 saturated heterocycles. The third-order valence-corrected chi connectivity index (χ3v) is 5.73. The number of carbonyl (C=O) groups is 1. The van der Waals surface area contributed by atoms with Crippen LogP contribution in [0.5, 0.6) is 0 Å². The lowest BCUT2D eigenvalue weighted by Crippen LogP contribution is -2.48. The molecule has 1 aliphatic rings. The number of aryl methyl sites for hydroxylation is 2. The van der Waals surface area contributed by atoms with Gasteiger partial charge in [-0.2, -0.15) is 0 Å². The molecule has 6 heteroatoms. The normalized spacial score (nSPS) is 15.1. The lowest BCUT2D eigenvalue weighted by atomic mass is 10.1. The van der Waals surface area contributed by atoms with Gasteiger partial charge in [0.25, 0.3) is 0 Å². The Morgan fingerprint density at radius 3 is 2.80 bits per heavy atom. The summed E-state index contributed by atoms with van der Waals surface area (Å²) in [6, 6.07) is 8.59. The minimum Gasteiger partial charge on any atom is -0.351 e. The van der Waals surface area contributed by atoms with E-state index in [0.717, 1.165) is 37.7 Å². The summed E-state index contributed by atoms with van der Waals surface area (Å²) in [6.07, 6.45) is 5.28. The zero-order chi connectivity index (χ0) is 17.2. The first kappa shape index (κ1) is 16.1. The molecule has 130 valence electrons. The Bertz CT molecular complexity index is 863. The molecule has 0 spiro atoms. The molecular weight excluding hydrogens is 332 g/mol. The van der Waals surface area contributed by atoms with Gasteiger partial charge < -0.3 is 14.4 Å². The van der Waals surface area contributed by atoms with E-state index in [-0.39, 0.29) is 5.91 Å². The van der Waals surface area contributed by atoms with E-state index in [0.29, 0.717) is 6.42 Å². The van der Waals surface area contributed by atoms with Crippen LogP contribution in [-0.2, 0) is 18.3 Å². The molecule has 2 aromatic heterocycles. The number of thiazole rings is 1. The van der Waals surface area contributed by atoms with E-state index in [4.69, 9.17) is 0 Å². The Labute approximate surface area is 151 Å². The molecule has 25 heavy (non-hydrogen) atoms. The third kappa shape index (κ3) is 3.39. The highest BCUT2D eigenvalue weighted by Gasteiger charge is 2.22. The number of benzene rings is 1.